The number of aromatic nitrogens is 3. The summed E-state index contributed by atoms with van der Waals surface area (Å²) in [4.78, 5) is 12.2. The molecule has 0 N–H and O–H groups in total. The van der Waals surface area contributed by atoms with Gasteiger partial charge >= 0.3 is 5.97 Å². The van der Waals surface area contributed by atoms with E-state index >= 15 is 0 Å². The Bertz CT molecular complexity index is 1020. The third-order valence-electron chi connectivity index (χ3n) is 5.48. The number of thioether (sulfide) groups is 1. The molecule has 0 radical (unpaired) electrons. The van der Waals surface area contributed by atoms with Gasteiger partial charge in [-0.15, -0.1) is 10.2 Å². The number of esters is 1. The van der Waals surface area contributed by atoms with Crippen molar-refractivity contribution in [3.8, 4) is 5.75 Å². The van der Waals surface area contributed by atoms with Gasteiger partial charge in [-0.05, 0) is 43.5 Å². The molecular formula is C24H27N3O3S. The number of rotatable bonds is 8. The van der Waals surface area contributed by atoms with E-state index in [-0.39, 0.29) is 23.4 Å². The van der Waals surface area contributed by atoms with Crippen LogP contribution < -0.4 is 4.74 Å². The molecule has 2 aromatic carbocycles. The Balaban J connectivity index is 1.59. The van der Waals surface area contributed by atoms with Crippen molar-refractivity contribution in [2.45, 2.75) is 62.8 Å². The summed E-state index contributed by atoms with van der Waals surface area (Å²) in [5.74, 6) is 1.33. The number of hydrogen-bond acceptors (Lipinski definition) is 6. The summed E-state index contributed by atoms with van der Waals surface area (Å²) in [5.41, 5.74) is 2.41. The van der Waals surface area contributed by atoms with Crippen molar-refractivity contribution in [3.63, 3.8) is 0 Å². The van der Waals surface area contributed by atoms with Gasteiger partial charge in [-0.25, -0.2) is 0 Å². The first-order valence-electron chi connectivity index (χ1n) is 10.6. The Hall–Kier alpha value is -2.80. The summed E-state index contributed by atoms with van der Waals surface area (Å²) in [6.07, 6.45) is 1.60. The molecule has 31 heavy (non-hydrogen) atoms. The molecule has 162 valence electrons. The molecule has 0 amide bonds. The minimum atomic E-state index is -0.267. The van der Waals surface area contributed by atoms with Crippen LogP contribution in [-0.4, -0.2) is 32.1 Å². The smallest absolute Gasteiger partial charge is 0.319 e. The van der Waals surface area contributed by atoms with Crippen LogP contribution in [0.1, 0.15) is 50.2 Å². The van der Waals surface area contributed by atoms with E-state index < -0.39 is 0 Å². The maximum atomic E-state index is 12.2. The number of benzene rings is 2. The highest BCUT2D eigenvalue weighted by molar-refractivity contribution is 8.00. The minimum absolute atomic E-state index is 0.00499. The van der Waals surface area contributed by atoms with Crippen molar-refractivity contribution >= 4 is 17.7 Å². The van der Waals surface area contributed by atoms with Crippen LogP contribution in [0.25, 0.3) is 0 Å². The lowest BCUT2D eigenvalue weighted by atomic mass is 10.1. The lowest BCUT2D eigenvalue weighted by Gasteiger charge is -2.19. The highest BCUT2D eigenvalue weighted by Crippen LogP contribution is 2.34. The molecule has 1 aliphatic rings. The van der Waals surface area contributed by atoms with Gasteiger partial charge in [0.2, 0.25) is 0 Å². The standard InChI is InChI=1S/C24H27N3O3S/c1-4-18-10-12-20(13-11-18)29-15-22-25-26-24(31-21-14-16(2)30-23(21)28)27(22)17(3)19-8-6-5-7-9-19/h5-13,16-17,21H,4,14-15H2,1-3H3/t16-,17-,21-/m1/s1. The Labute approximate surface area is 187 Å². The largest absolute Gasteiger partial charge is 0.486 e. The zero-order chi connectivity index (χ0) is 21.8. The molecule has 1 fully saturated rings. The Kier molecular flexibility index (Phi) is 6.61. The molecule has 0 bridgehead atoms. The van der Waals surface area contributed by atoms with E-state index in [1.165, 1.54) is 17.3 Å². The van der Waals surface area contributed by atoms with Crippen molar-refractivity contribution in [2.75, 3.05) is 0 Å². The maximum Gasteiger partial charge on any atom is 0.319 e. The van der Waals surface area contributed by atoms with Crippen LogP contribution in [0.2, 0.25) is 0 Å². The summed E-state index contributed by atoms with van der Waals surface area (Å²) in [5, 5.41) is 9.26. The summed E-state index contributed by atoms with van der Waals surface area (Å²) < 4.78 is 13.4. The number of carbonyl (C=O) groups is 1. The van der Waals surface area contributed by atoms with Crippen molar-refractivity contribution in [1.29, 1.82) is 0 Å². The van der Waals surface area contributed by atoms with Crippen LogP contribution in [0.15, 0.2) is 59.8 Å². The molecule has 3 aromatic rings. The molecule has 3 atom stereocenters. The zero-order valence-electron chi connectivity index (χ0n) is 18.0. The molecule has 2 heterocycles. The van der Waals surface area contributed by atoms with Gasteiger partial charge in [0.1, 0.15) is 23.7 Å². The van der Waals surface area contributed by atoms with Crippen molar-refractivity contribution in [3.05, 3.63) is 71.5 Å². The van der Waals surface area contributed by atoms with Crippen LogP contribution in [0.5, 0.6) is 5.75 Å². The molecule has 1 aliphatic heterocycles. The lowest BCUT2D eigenvalue weighted by Crippen LogP contribution is -2.16. The van der Waals surface area contributed by atoms with Crippen LogP contribution in [0.3, 0.4) is 0 Å². The SMILES string of the molecule is CCc1ccc(OCc2nnc(S[C@@H]3C[C@@H](C)OC3=O)n2[C@H](C)c2ccccc2)cc1. The second kappa shape index (κ2) is 9.56. The summed E-state index contributed by atoms with van der Waals surface area (Å²) >= 11 is 1.42. The van der Waals surface area contributed by atoms with Crippen LogP contribution in [0, 0.1) is 0 Å². The van der Waals surface area contributed by atoms with Gasteiger partial charge in [-0.2, -0.15) is 0 Å². The Morgan fingerprint density at radius 3 is 2.55 bits per heavy atom. The van der Waals surface area contributed by atoms with Crippen LogP contribution >= 0.6 is 11.8 Å². The Morgan fingerprint density at radius 2 is 1.90 bits per heavy atom. The fourth-order valence-electron chi connectivity index (χ4n) is 3.67. The van der Waals surface area contributed by atoms with E-state index in [9.17, 15) is 4.79 Å². The fourth-order valence-corrected chi connectivity index (χ4v) is 4.91. The second-order valence-corrected chi connectivity index (χ2v) is 8.90. The molecule has 0 aliphatic carbocycles. The molecule has 0 spiro atoms. The zero-order valence-corrected chi connectivity index (χ0v) is 18.8. The van der Waals surface area contributed by atoms with Gasteiger partial charge < -0.3 is 9.47 Å². The molecule has 0 unspecified atom stereocenters. The average Bonchev–Trinajstić information content (AvgIpc) is 3.34. The summed E-state index contributed by atoms with van der Waals surface area (Å²) in [6.45, 7) is 6.45. The normalized spacial score (nSPS) is 19.3. The van der Waals surface area contributed by atoms with E-state index in [0.29, 0.717) is 18.2 Å². The van der Waals surface area contributed by atoms with E-state index in [1.54, 1.807) is 0 Å². The average molecular weight is 438 g/mol. The van der Waals surface area contributed by atoms with Gasteiger partial charge in [0.05, 0.1) is 6.04 Å². The highest BCUT2D eigenvalue weighted by atomic mass is 32.2. The number of aryl methyl sites for hydroxylation is 1. The van der Waals surface area contributed by atoms with Crippen LogP contribution in [-0.2, 0) is 22.6 Å². The highest BCUT2D eigenvalue weighted by Gasteiger charge is 2.35. The van der Waals surface area contributed by atoms with E-state index in [2.05, 4.69) is 52.9 Å². The van der Waals surface area contributed by atoms with Crippen molar-refractivity contribution in [1.82, 2.24) is 14.8 Å². The molecule has 1 aromatic heterocycles. The molecule has 7 heteroatoms. The number of cyclic esters (lactones) is 1. The van der Waals surface area contributed by atoms with E-state index in [0.717, 1.165) is 23.6 Å². The fraction of sp³-hybridized carbons (Fsp3) is 0.375. The van der Waals surface area contributed by atoms with E-state index in [4.69, 9.17) is 9.47 Å². The second-order valence-electron chi connectivity index (χ2n) is 7.73. The summed E-state index contributed by atoms with van der Waals surface area (Å²) in [6, 6.07) is 18.3. The van der Waals surface area contributed by atoms with Gasteiger partial charge in [0.15, 0.2) is 11.0 Å². The molecule has 0 saturated carbocycles. The van der Waals surface area contributed by atoms with Crippen molar-refractivity contribution < 1.29 is 14.3 Å². The van der Waals surface area contributed by atoms with Gasteiger partial charge in [0.25, 0.3) is 0 Å². The molecular weight excluding hydrogens is 410 g/mol. The first-order valence-corrected chi connectivity index (χ1v) is 11.5. The number of carbonyl (C=O) groups excluding carboxylic acids is 1. The first kappa shape index (κ1) is 21.4. The van der Waals surface area contributed by atoms with Crippen molar-refractivity contribution in [2.24, 2.45) is 0 Å². The third kappa shape index (κ3) is 4.93. The summed E-state index contributed by atoms with van der Waals surface area (Å²) in [7, 11) is 0. The number of nitrogens with zero attached hydrogens (tertiary/aromatic N) is 3. The lowest BCUT2D eigenvalue weighted by molar-refractivity contribution is -0.140. The predicted octanol–water partition coefficient (Wildman–Crippen LogP) is 4.82. The van der Waals surface area contributed by atoms with Crippen LogP contribution in [0.4, 0.5) is 0 Å². The maximum absolute atomic E-state index is 12.2. The van der Waals surface area contributed by atoms with Gasteiger partial charge in [-0.1, -0.05) is 61.2 Å². The van der Waals surface area contributed by atoms with E-state index in [1.807, 2.05) is 37.3 Å². The number of ether oxygens (including phenoxy) is 2. The third-order valence-corrected chi connectivity index (χ3v) is 6.64. The predicted molar refractivity (Wildman–Crippen MR) is 120 cm³/mol. The molecule has 4 rings (SSSR count). The van der Waals surface area contributed by atoms with Gasteiger partial charge in [-0.3, -0.25) is 9.36 Å². The topological polar surface area (TPSA) is 66.2 Å². The quantitative estimate of drug-likeness (QED) is 0.471. The Morgan fingerprint density at radius 1 is 1.16 bits per heavy atom. The number of hydrogen-bond donors (Lipinski definition) is 0. The first-order chi connectivity index (χ1) is 15.0. The monoisotopic (exact) mass is 437 g/mol. The van der Waals surface area contributed by atoms with Gasteiger partial charge in [0, 0.05) is 6.42 Å². The minimum Gasteiger partial charge on any atom is -0.486 e. The molecule has 6 nitrogen and oxygen atoms in total. The molecule has 1 saturated heterocycles.